The van der Waals surface area contributed by atoms with Crippen LogP contribution in [0.25, 0.3) is 0 Å². The summed E-state index contributed by atoms with van der Waals surface area (Å²) in [5.41, 5.74) is 4.17. The molecule has 0 aliphatic carbocycles. The van der Waals surface area contributed by atoms with Gasteiger partial charge in [-0.25, -0.2) is 4.98 Å². The molecule has 0 saturated carbocycles. The van der Waals surface area contributed by atoms with Gasteiger partial charge < -0.3 is 10.2 Å². The van der Waals surface area contributed by atoms with Gasteiger partial charge in [0.1, 0.15) is 6.26 Å². The molecule has 0 fully saturated rings. The zero-order valence-corrected chi connectivity index (χ0v) is 5.07. The fourth-order valence-corrected chi connectivity index (χ4v) is 0.295. The molecule has 1 rings (SSSR count). The van der Waals surface area contributed by atoms with Crippen LogP contribution < -0.4 is 5.73 Å². The van der Waals surface area contributed by atoms with Crippen molar-refractivity contribution in [2.75, 3.05) is 0 Å². The molecule has 4 heteroatoms. The molecule has 50 valence electrons. The van der Waals surface area contributed by atoms with Crippen molar-refractivity contribution < 1.29 is 9.21 Å². The number of primary amides is 1. The maximum atomic E-state index is 8.58. The summed E-state index contributed by atoms with van der Waals surface area (Å²) in [5.74, 6) is 0.718. The van der Waals surface area contributed by atoms with Gasteiger partial charge in [0.15, 0.2) is 5.89 Å². The average Bonchev–Trinajstić information content (AvgIpc) is 2.20. The van der Waals surface area contributed by atoms with E-state index in [2.05, 4.69) is 10.7 Å². The number of nitrogens with zero attached hydrogens (tertiary/aromatic N) is 1. The van der Waals surface area contributed by atoms with Crippen molar-refractivity contribution >= 4 is 6.41 Å². The van der Waals surface area contributed by atoms with E-state index >= 15 is 0 Å². The van der Waals surface area contributed by atoms with Crippen LogP contribution in [-0.4, -0.2) is 11.4 Å². The van der Waals surface area contributed by atoms with Gasteiger partial charge in [-0.1, -0.05) is 0 Å². The van der Waals surface area contributed by atoms with Crippen molar-refractivity contribution in [2.24, 2.45) is 5.73 Å². The van der Waals surface area contributed by atoms with Crippen molar-refractivity contribution in [3.8, 4) is 0 Å². The van der Waals surface area contributed by atoms with Crippen molar-refractivity contribution in [2.45, 2.75) is 6.92 Å². The Kier molecular flexibility index (Phi) is 4.12. The van der Waals surface area contributed by atoms with E-state index in [1.165, 1.54) is 0 Å². The van der Waals surface area contributed by atoms with E-state index in [-0.39, 0.29) is 6.41 Å². The first-order valence-electron chi connectivity index (χ1n) is 2.32. The van der Waals surface area contributed by atoms with Crippen LogP contribution in [0, 0.1) is 6.92 Å². The van der Waals surface area contributed by atoms with Gasteiger partial charge in [-0.05, 0) is 0 Å². The minimum Gasteiger partial charge on any atom is -0.449 e. The van der Waals surface area contributed by atoms with Gasteiger partial charge in [-0.3, -0.25) is 4.79 Å². The number of aryl methyl sites for hydroxylation is 1. The highest BCUT2D eigenvalue weighted by molar-refractivity contribution is 5.42. The normalized spacial score (nSPS) is 7.22. The second-order valence-electron chi connectivity index (χ2n) is 1.19. The standard InChI is InChI=1S/C4H5NO.CH3NO/c1-4-5-2-3-6-4;2-1-3/h2-3H,1H3;1H,(H2,2,3). The molecule has 0 aliphatic heterocycles. The predicted octanol–water partition coefficient (Wildman–Crippen LogP) is 0.0845. The highest BCUT2D eigenvalue weighted by Crippen LogP contribution is 1.86. The Morgan fingerprint density at radius 2 is 2.44 bits per heavy atom. The first-order valence-corrected chi connectivity index (χ1v) is 2.32. The highest BCUT2D eigenvalue weighted by atomic mass is 16.3. The van der Waals surface area contributed by atoms with Gasteiger partial charge in [0, 0.05) is 6.92 Å². The molecular formula is C5H8N2O2. The Morgan fingerprint density at radius 3 is 2.56 bits per heavy atom. The minimum absolute atomic E-state index is 0.250. The first-order chi connectivity index (χ1) is 4.31. The molecule has 0 spiro atoms. The summed E-state index contributed by atoms with van der Waals surface area (Å²) in [6.07, 6.45) is 3.42. The van der Waals surface area contributed by atoms with Crippen LogP contribution in [0.5, 0.6) is 0 Å². The highest BCUT2D eigenvalue weighted by Gasteiger charge is 1.77. The molecule has 0 bridgehead atoms. The summed E-state index contributed by atoms with van der Waals surface area (Å²) >= 11 is 0. The number of nitrogens with two attached hydrogens (primary N) is 1. The quantitative estimate of drug-likeness (QED) is 0.503. The largest absolute Gasteiger partial charge is 0.449 e. The SMILES string of the molecule is Cc1ncco1.NC=O. The van der Waals surface area contributed by atoms with E-state index in [1.807, 2.05) is 0 Å². The van der Waals surface area contributed by atoms with Gasteiger partial charge in [0.25, 0.3) is 0 Å². The van der Waals surface area contributed by atoms with Crippen LogP contribution >= 0.6 is 0 Å². The lowest BCUT2D eigenvalue weighted by molar-refractivity contribution is -0.106. The number of amides is 1. The Hall–Kier alpha value is -1.32. The van der Waals surface area contributed by atoms with Gasteiger partial charge in [-0.2, -0.15) is 0 Å². The average molecular weight is 128 g/mol. The summed E-state index contributed by atoms with van der Waals surface area (Å²) in [7, 11) is 0. The van der Waals surface area contributed by atoms with Crippen LogP contribution in [0.1, 0.15) is 5.89 Å². The van der Waals surface area contributed by atoms with Crippen molar-refractivity contribution in [3.63, 3.8) is 0 Å². The molecule has 0 saturated heterocycles. The Balaban J connectivity index is 0.000000187. The third-order valence-electron chi connectivity index (χ3n) is 0.556. The lowest BCUT2D eigenvalue weighted by Gasteiger charge is -1.67. The number of hydrogen-bond acceptors (Lipinski definition) is 3. The van der Waals surface area contributed by atoms with Crippen molar-refractivity contribution in [1.29, 1.82) is 0 Å². The molecule has 0 atom stereocenters. The molecule has 0 aliphatic rings. The first kappa shape index (κ1) is 7.68. The smallest absolute Gasteiger partial charge is 0.204 e. The second kappa shape index (κ2) is 4.83. The van der Waals surface area contributed by atoms with E-state index in [9.17, 15) is 0 Å². The van der Waals surface area contributed by atoms with E-state index < -0.39 is 0 Å². The molecule has 9 heavy (non-hydrogen) atoms. The van der Waals surface area contributed by atoms with Gasteiger partial charge in [0.2, 0.25) is 6.41 Å². The van der Waals surface area contributed by atoms with E-state index in [1.54, 1.807) is 19.4 Å². The van der Waals surface area contributed by atoms with Gasteiger partial charge in [-0.15, -0.1) is 0 Å². The lowest BCUT2D eigenvalue weighted by Crippen LogP contribution is -1.82. The Labute approximate surface area is 52.7 Å². The summed E-state index contributed by atoms with van der Waals surface area (Å²) in [5, 5.41) is 0. The monoisotopic (exact) mass is 128 g/mol. The van der Waals surface area contributed by atoms with Crippen LogP contribution in [0.4, 0.5) is 0 Å². The predicted molar refractivity (Wildman–Crippen MR) is 31.5 cm³/mol. The summed E-state index contributed by atoms with van der Waals surface area (Å²) in [6, 6.07) is 0. The van der Waals surface area contributed by atoms with E-state index in [0.717, 1.165) is 5.89 Å². The number of carbonyl (C=O) groups excluding carboxylic acids is 1. The van der Waals surface area contributed by atoms with E-state index in [4.69, 9.17) is 9.21 Å². The number of oxazole rings is 1. The fourth-order valence-electron chi connectivity index (χ4n) is 0.295. The zero-order chi connectivity index (χ0) is 7.11. The fraction of sp³-hybridized carbons (Fsp3) is 0.200. The molecule has 1 amide bonds. The molecule has 2 N–H and O–H groups in total. The molecule has 0 aromatic carbocycles. The Morgan fingerprint density at radius 1 is 1.89 bits per heavy atom. The lowest BCUT2D eigenvalue weighted by atomic mass is 10.8. The van der Waals surface area contributed by atoms with Crippen molar-refractivity contribution in [3.05, 3.63) is 18.4 Å². The minimum atomic E-state index is 0.250. The summed E-state index contributed by atoms with van der Waals surface area (Å²) in [4.78, 5) is 12.3. The number of rotatable bonds is 0. The maximum Gasteiger partial charge on any atom is 0.204 e. The summed E-state index contributed by atoms with van der Waals surface area (Å²) in [6.45, 7) is 1.81. The summed E-state index contributed by atoms with van der Waals surface area (Å²) < 4.78 is 4.72. The zero-order valence-electron chi connectivity index (χ0n) is 5.07. The molecule has 1 aromatic rings. The van der Waals surface area contributed by atoms with Crippen LogP contribution in [-0.2, 0) is 4.79 Å². The molecule has 4 nitrogen and oxygen atoms in total. The maximum absolute atomic E-state index is 8.58. The third kappa shape index (κ3) is 4.53. The molecule has 0 unspecified atom stereocenters. The van der Waals surface area contributed by atoms with Crippen LogP contribution in [0.15, 0.2) is 16.9 Å². The third-order valence-corrected chi connectivity index (χ3v) is 0.556. The second-order valence-corrected chi connectivity index (χ2v) is 1.19. The molecular weight excluding hydrogens is 120 g/mol. The topological polar surface area (TPSA) is 69.1 Å². The van der Waals surface area contributed by atoms with Gasteiger partial charge in [0.05, 0.1) is 6.20 Å². The van der Waals surface area contributed by atoms with Gasteiger partial charge >= 0.3 is 0 Å². The number of aromatic nitrogens is 1. The number of carbonyl (C=O) groups is 1. The Bertz CT molecular complexity index is 148. The molecule has 1 aromatic heterocycles. The van der Waals surface area contributed by atoms with Crippen LogP contribution in [0.3, 0.4) is 0 Å². The number of hydrogen-bond donors (Lipinski definition) is 1. The molecule has 0 radical (unpaired) electrons. The van der Waals surface area contributed by atoms with Crippen molar-refractivity contribution in [1.82, 2.24) is 4.98 Å². The van der Waals surface area contributed by atoms with Crippen LogP contribution in [0.2, 0.25) is 0 Å². The molecule has 1 heterocycles. The van der Waals surface area contributed by atoms with E-state index in [0.29, 0.717) is 0 Å².